The first-order valence-electron chi connectivity index (χ1n) is 10.3. The van der Waals surface area contributed by atoms with Crippen LogP contribution in [0.5, 0.6) is 0 Å². The van der Waals surface area contributed by atoms with Gasteiger partial charge in [-0.25, -0.2) is 9.50 Å². The molecule has 0 spiro atoms. The summed E-state index contributed by atoms with van der Waals surface area (Å²) in [5, 5.41) is 20.4. The van der Waals surface area contributed by atoms with Gasteiger partial charge >= 0.3 is 0 Å². The Morgan fingerprint density at radius 1 is 1.10 bits per heavy atom. The molecule has 2 N–H and O–H groups in total. The number of hydrogen-bond acceptors (Lipinski definition) is 5. The molecule has 4 aromatic heterocycles. The number of fused-ring (bicyclic) bond motifs is 1. The van der Waals surface area contributed by atoms with Gasteiger partial charge < -0.3 is 5.32 Å². The minimum Gasteiger partial charge on any atom is -0.317 e. The van der Waals surface area contributed by atoms with Crippen molar-refractivity contribution in [1.29, 1.82) is 0 Å². The Balaban J connectivity index is 1.57. The molecule has 1 aliphatic heterocycles. The second kappa shape index (κ2) is 7.11. The molecule has 0 radical (unpaired) electrons. The van der Waals surface area contributed by atoms with Crippen molar-refractivity contribution in [2.24, 2.45) is 0 Å². The molecule has 0 bridgehead atoms. The van der Waals surface area contributed by atoms with E-state index in [4.69, 9.17) is 5.10 Å². The van der Waals surface area contributed by atoms with E-state index < -0.39 is 0 Å². The maximum Gasteiger partial charge on any atom is 0.158 e. The highest BCUT2D eigenvalue weighted by atomic mass is 15.3. The van der Waals surface area contributed by atoms with Crippen LogP contribution in [0.1, 0.15) is 49.8 Å². The molecule has 0 unspecified atom stereocenters. The minimum absolute atomic E-state index is 0.313. The molecule has 5 heterocycles. The fraction of sp³-hybridized carbons (Fsp3) is 0.429. The summed E-state index contributed by atoms with van der Waals surface area (Å²) in [5.74, 6) is 0.313. The summed E-state index contributed by atoms with van der Waals surface area (Å²) < 4.78 is 3.94. The van der Waals surface area contributed by atoms with Gasteiger partial charge in [0.05, 0.1) is 23.6 Å². The van der Waals surface area contributed by atoms with E-state index in [9.17, 15) is 0 Å². The summed E-state index contributed by atoms with van der Waals surface area (Å²) in [5.41, 5.74) is 7.31. The average molecular weight is 390 g/mol. The summed E-state index contributed by atoms with van der Waals surface area (Å²) in [6.07, 6.45) is 9.91. The number of hydrogen-bond donors (Lipinski definition) is 2. The van der Waals surface area contributed by atoms with Gasteiger partial charge in [-0.3, -0.25) is 9.78 Å². The highest BCUT2D eigenvalue weighted by molar-refractivity contribution is 5.75. The molecule has 1 saturated heterocycles. The van der Waals surface area contributed by atoms with Crippen molar-refractivity contribution in [3.8, 4) is 22.5 Å². The Hall–Kier alpha value is -3.00. The van der Waals surface area contributed by atoms with Gasteiger partial charge in [0.1, 0.15) is 6.33 Å². The molecule has 8 nitrogen and oxygen atoms in total. The van der Waals surface area contributed by atoms with Crippen LogP contribution >= 0.6 is 0 Å². The lowest BCUT2D eigenvalue weighted by Crippen LogP contribution is -2.29. The van der Waals surface area contributed by atoms with Crippen LogP contribution < -0.4 is 5.32 Å². The minimum atomic E-state index is 0.313. The number of aromatic amines is 1. The molecule has 0 saturated carbocycles. The predicted molar refractivity (Wildman–Crippen MR) is 112 cm³/mol. The van der Waals surface area contributed by atoms with E-state index in [1.54, 1.807) is 6.33 Å². The number of H-pyrrole nitrogens is 1. The number of pyridine rings is 1. The molecule has 0 aromatic carbocycles. The summed E-state index contributed by atoms with van der Waals surface area (Å²) in [6.45, 7) is 8.57. The summed E-state index contributed by atoms with van der Waals surface area (Å²) in [4.78, 5) is 4.32. The van der Waals surface area contributed by atoms with Crippen LogP contribution in [-0.4, -0.2) is 47.7 Å². The standard InChI is InChI=1S/C21H26N8/c1-13(2)18-19(15-8-14(3)21-23-12-25-29(21)10-15)26-27-20(18)16-9-24-28(11-16)17-4-6-22-7-5-17/h8-13,17,22H,4-7H2,1-3H3,(H,26,27). The number of nitrogens with one attached hydrogen (secondary N) is 2. The van der Waals surface area contributed by atoms with Gasteiger partial charge in [0.15, 0.2) is 5.65 Å². The Kier molecular flexibility index (Phi) is 4.43. The van der Waals surface area contributed by atoms with Crippen molar-refractivity contribution < 1.29 is 0 Å². The molecule has 1 aliphatic rings. The molecule has 0 atom stereocenters. The zero-order chi connectivity index (χ0) is 20.0. The zero-order valence-corrected chi connectivity index (χ0v) is 17.1. The Morgan fingerprint density at radius 2 is 1.93 bits per heavy atom. The van der Waals surface area contributed by atoms with Gasteiger partial charge in [-0.1, -0.05) is 13.8 Å². The third-order valence-electron chi connectivity index (χ3n) is 5.79. The smallest absolute Gasteiger partial charge is 0.158 e. The lowest BCUT2D eigenvalue weighted by Gasteiger charge is -2.22. The highest BCUT2D eigenvalue weighted by Gasteiger charge is 2.22. The van der Waals surface area contributed by atoms with Crippen molar-refractivity contribution in [3.05, 3.63) is 42.1 Å². The van der Waals surface area contributed by atoms with Gasteiger partial charge in [0.25, 0.3) is 0 Å². The monoisotopic (exact) mass is 390 g/mol. The number of aromatic nitrogens is 7. The molecule has 1 fully saturated rings. The fourth-order valence-corrected chi connectivity index (χ4v) is 4.31. The molecule has 0 aliphatic carbocycles. The van der Waals surface area contributed by atoms with Crippen molar-refractivity contribution >= 4 is 5.65 Å². The molecular weight excluding hydrogens is 364 g/mol. The van der Waals surface area contributed by atoms with E-state index >= 15 is 0 Å². The zero-order valence-electron chi connectivity index (χ0n) is 17.1. The average Bonchev–Trinajstić information content (AvgIpc) is 3.46. The van der Waals surface area contributed by atoms with Crippen LogP contribution in [0.3, 0.4) is 0 Å². The van der Waals surface area contributed by atoms with E-state index in [1.807, 2.05) is 16.9 Å². The Labute approximate surface area is 169 Å². The first kappa shape index (κ1) is 18.1. The van der Waals surface area contributed by atoms with E-state index in [0.29, 0.717) is 12.0 Å². The van der Waals surface area contributed by atoms with Crippen molar-refractivity contribution in [2.45, 2.75) is 45.6 Å². The van der Waals surface area contributed by atoms with Crippen LogP contribution in [0.15, 0.2) is 31.0 Å². The highest BCUT2D eigenvalue weighted by Crippen LogP contribution is 2.36. The largest absolute Gasteiger partial charge is 0.317 e. The van der Waals surface area contributed by atoms with Crippen LogP contribution in [0, 0.1) is 6.92 Å². The fourth-order valence-electron chi connectivity index (χ4n) is 4.31. The van der Waals surface area contributed by atoms with Crippen LogP contribution in [0.4, 0.5) is 0 Å². The molecule has 4 aromatic rings. The molecule has 8 heteroatoms. The lowest BCUT2D eigenvalue weighted by atomic mass is 9.95. The summed E-state index contributed by atoms with van der Waals surface area (Å²) >= 11 is 0. The normalized spacial score (nSPS) is 15.6. The quantitative estimate of drug-likeness (QED) is 0.558. The first-order valence-corrected chi connectivity index (χ1v) is 10.3. The number of nitrogens with zero attached hydrogens (tertiary/aromatic N) is 6. The van der Waals surface area contributed by atoms with Gasteiger partial charge in [0, 0.05) is 29.1 Å². The lowest BCUT2D eigenvalue weighted by molar-refractivity contribution is 0.343. The van der Waals surface area contributed by atoms with Crippen molar-refractivity contribution in [2.75, 3.05) is 13.1 Å². The maximum absolute atomic E-state index is 4.70. The van der Waals surface area contributed by atoms with E-state index in [-0.39, 0.29) is 0 Å². The summed E-state index contributed by atoms with van der Waals surface area (Å²) in [7, 11) is 0. The van der Waals surface area contributed by atoms with Gasteiger partial charge in [-0.05, 0) is 50.4 Å². The SMILES string of the molecule is Cc1cc(-c2[nH]nc(-c3cnn(C4CCNCC4)c3)c2C(C)C)cn2ncnc12. The topological polar surface area (TPSA) is 88.7 Å². The Bertz CT molecular complexity index is 1140. The third kappa shape index (κ3) is 3.13. The number of rotatable bonds is 4. The summed E-state index contributed by atoms with van der Waals surface area (Å²) in [6, 6.07) is 2.61. The van der Waals surface area contributed by atoms with Gasteiger partial charge in [-0.2, -0.15) is 15.3 Å². The van der Waals surface area contributed by atoms with Crippen LogP contribution in [0.2, 0.25) is 0 Å². The molecule has 150 valence electrons. The van der Waals surface area contributed by atoms with E-state index in [2.05, 4.69) is 63.3 Å². The second-order valence-electron chi connectivity index (χ2n) is 8.15. The number of aryl methyl sites for hydroxylation is 1. The second-order valence-corrected chi connectivity index (χ2v) is 8.15. The molecular formula is C21H26N8. The predicted octanol–water partition coefficient (Wildman–Crippen LogP) is 3.34. The van der Waals surface area contributed by atoms with E-state index in [1.165, 1.54) is 5.56 Å². The van der Waals surface area contributed by atoms with Gasteiger partial charge in [0.2, 0.25) is 0 Å². The molecule has 0 amide bonds. The van der Waals surface area contributed by atoms with Crippen LogP contribution in [0.25, 0.3) is 28.2 Å². The van der Waals surface area contributed by atoms with Crippen molar-refractivity contribution in [1.82, 2.24) is 39.9 Å². The van der Waals surface area contributed by atoms with Crippen molar-refractivity contribution in [3.63, 3.8) is 0 Å². The maximum atomic E-state index is 4.70. The Morgan fingerprint density at radius 3 is 2.72 bits per heavy atom. The van der Waals surface area contributed by atoms with Gasteiger partial charge in [-0.15, -0.1) is 0 Å². The van der Waals surface area contributed by atoms with Crippen LogP contribution in [-0.2, 0) is 0 Å². The third-order valence-corrected chi connectivity index (χ3v) is 5.79. The first-order chi connectivity index (χ1) is 14.1. The molecule has 5 rings (SSSR count). The van der Waals surface area contributed by atoms with E-state index in [0.717, 1.165) is 59.7 Å². The number of piperidine rings is 1. The molecule has 29 heavy (non-hydrogen) atoms.